The lowest BCUT2D eigenvalue weighted by Crippen LogP contribution is -2.35. The van der Waals surface area contributed by atoms with E-state index in [-0.39, 0.29) is 0 Å². The van der Waals surface area contributed by atoms with Gasteiger partial charge in [0.1, 0.15) is 17.2 Å². The fourth-order valence-electron chi connectivity index (χ4n) is 2.39. The van der Waals surface area contributed by atoms with Crippen molar-refractivity contribution in [2.24, 2.45) is 0 Å². The van der Waals surface area contributed by atoms with Crippen molar-refractivity contribution in [2.75, 3.05) is 5.32 Å². The molecule has 0 radical (unpaired) electrons. The van der Waals surface area contributed by atoms with Crippen molar-refractivity contribution in [1.82, 2.24) is 5.32 Å². The van der Waals surface area contributed by atoms with Crippen LogP contribution in [0.2, 0.25) is 5.02 Å². The minimum absolute atomic E-state index is 0.415. The van der Waals surface area contributed by atoms with Gasteiger partial charge in [0, 0.05) is 16.1 Å². The molecule has 0 spiro atoms. The van der Waals surface area contributed by atoms with Gasteiger partial charge in [0.15, 0.2) is 0 Å². The van der Waals surface area contributed by atoms with Gasteiger partial charge in [0.25, 0.3) is 5.91 Å². The third kappa shape index (κ3) is 3.39. The van der Waals surface area contributed by atoms with E-state index < -0.39 is 73.2 Å². The van der Waals surface area contributed by atoms with Gasteiger partial charge >= 0.3 is 17.2 Å². The number of fused-ring (bicyclic) bond motifs is 1. The zero-order valence-electron chi connectivity index (χ0n) is 13.3. The smallest absolute Gasteiger partial charge is 0.308 e. The maximum atomic E-state index is 13.8. The molecule has 28 heavy (non-hydrogen) atoms. The van der Waals surface area contributed by atoms with Gasteiger partial charge in [0.05, 0.1) is 5.02 Å². The number of benzene rings is 2. The van der Waals surface area contributed by atoms with Crippen LogP contribution in [0.25, 0.3) is 0 Å². The van der Waals surface area contributed by atoms with Crippen LogP contribution in [0.3, 0.4) is 0 Å². The highest BCUT2D eigenvalue weighted by atomic mass is 35.5. The number of carbonyl (C=O) groups is 2. The second-order valence-electron chi connectivity index (χ2n) is 5.53. The van der Waals surface area contributed by atoms with Crippen LogP contribution in [0.5, 0.6) is 0 Å². The average molecular weight is 441 g/mol. The number of hydrogen-bond acceptors (Lipinski definition) is 3. The molecule has 3 amide bonds. The number of nitrogens with one attached hydrogen (secondary N) is 2. The van der Waals surface area contributed by atoms with Crippen LogP contribution in [-0.2, 0) is 5.92 Å². The number of alkyl halides is 4. The number of thioether (sulfide) groups is 1. The first-order chi connectivity index (χ1) is 12.9. The Morgan fingerprint density at radius 3 is 2.25 bits per heavy atom. The van der Waals surface area contributed by atoms with Gasteiger partial charge in [-0.05, 0) is 36.0 Å². The molecule has 0 aliphatic carbocycles. The summed E-state index contributed by atoms with van der Waals surface area (Å²) in [6.45, 7) is 0. The normalized spacial score (nSPS) is 16.4. The topological polar surface area (TPSA) is 58.2 Å². The predicted molar refractivity (Wildman–Crippen MR) is 89.0 cm³/mol. The molecule has 0 fully saturated rings. The van der Waals surface area contributed by atoms with Crippen LogP contribution in [0.4, 0.5) is 36.8 Å². The molecule has 12 heteroatoms. The van der Waals surface area contributed by atoms with Crippen molar-refractivity contribution < 1.29 is 35.9 Å². The summed E-state index contributed by atoms with van der Waals surface area (Å²) in [5.74, 6) is -8.45. The molecule has 0 atom stereocenters. The molecule has 2 aromatic rings. The molecule has 0 saturated carbocycles. The standard InChI is InChI=1S/C16H7ClF6N2O2S/c17-8-5-6(4-7-12(8)28-16(22,23)15(7,20)21)24-14(27)25-13(26)11-9(18)2-1-3-10(11)19/h1-5H,(H2,24,25,26,27). The lowest BCUT2D eigenvalue weighted by Gasteiger charge is -2.17. The first kappa shape index (κ1) is 20.3. The number of amides is 3. The largest absolute Gasteiger partial charge is 0.364 e. The number of halogens is 7. The zero-order valence-corrected chi connectivity index (χ0v) is 14.8. The summed E-state index contributed by atoms with van der Waals surface area (Å²) in [4.78, 5) is 23.1. The molecule has 148 valence electrons. The summed E-state index contributed by atoms with van der Waals surface area (Å²) in [5.41, 5.74) is -2.56. The van der Waals surface area contributed by atoms with Crippen molar-refractivity contribution in [1.29, 1.82) is 0 Å². The molecule has 1 aliphatic heterocycles. The van der Waals surface area contributed by atoms with Crippen LogP contribution in [0, 0.1) is 11.6 Å². The lowest BCUT2D eigenvalue weighted by molar-refractivity contribution is -0.154. The molecule has 0 bridgehead atoms. The van der Waals surface area contributed by atoms with E-state index in [0.29, 0.717) is 6.07 Å². The minimum Gasteiger partial charge on any atom is -0.308 e. The molecule has 4 nitrogen and oxygen atoms in total. The molecule has 3 rings (SSSR count). The highest BCUT2D eigenvalue weighted by molar-refractivity contribution is 8.00. The van der Waals surface area contributed by atoms with Gasteiger partial charge in [-0.25, -0.2) is 13.6 Å². The maximum absolute atomic E-state index is 13.8. The summed E-state index contributed by atoms with van der Waals surface area (Å²) in [5, 5.41) is -1.38. The molecule has 0 saturated heterocycles. The summed E-state index contributed by atoms with van der Waals surface area (Å²) >= 11 is 5.32. The fraction of sp³-hybridized carbons (Fsp3) is 0.125. The molecule has 0 aromatic heterocycles. The molecule has 2 N–H and O–H groups in total. The van der Waals surface area contributed by atoms with Crippen molar-refractivity contribution in [3.05, 3.63) is 58.1 Å². The number of carbonyl (C=O) groups excluding carboxylic acids is 2. The maximum Gasteiger partial charge on any atom is 0.364 e. The summed E-state index contributed by atoms with van der Waals surface area (Å²) < 4.78 is 81.7. The number of anilines is 1. The van der Waals surface area contributed by atoms with Crippen molar-refractivity contribution in [3.8, 4) is 0 Å². The van der Waals surface area contributed by atoms with Crippen LogP contribution < -0.4 is 10.6 Å². The van der Waals surface area contributed by atoms with E-state index in [1.54, 1.807) is 5.32 Å². The number of imide groups is 1. The second-order valence-corrected chi connectivity index (χ2v) is 7.07. The van der Waals surface area contributed by atoms with Gasteiger partial charge in [-0.15, -0.1) is 0 Å². The molecule has 1 aliphatic rings. The number of hydrogen-bond donors (Lipinski definition) is 2. The Morgan fingerprint density at radius 2 is 1.64 bits per heavy atom. The minimum atomic E-state index is -4.54. The molecular formula is C16H7ClF6N2O2S. The Kier molecular flexibility index (Phi) is 5.00. The molecular weight excluding hydrogens is 434 g/mol. The van der Waals surface area contributed by atoms with E-state index in [2.05, 4.69) is 0 Å². The first-order valence-corrected chi connectivity index (χ1v) is 8.48. The SMILES string of the molecule is O=C(NC(=O)c1c(F)cccc1F)Nc1cc(Cl)c2c(c1)C(F)(F)C(F)(F)S2. The first-order valence-electron chi connectivity index (χ1n) is 7.29. The van der Waals surface area contributed by atoms with Crippen LogP contribution in [-0.4, -0.2) is 17.2 Å². The van der Waals surface area contributed by atoms with E-state index in [1.807, 2.05) is 5.32 Å². The molecule has 1 heterocycles. The summed E-state index contributed by atoms with van der Waals surface area (Å²) in [7, 11) is 0. The van der Waals surface area contributed by atoms with Crippen molar-refractivity contribution in [3.63, 3.8) is 0 Å². The van der Waals surface area contributed by atoms with E-state index in [9.17, 15) is 35.9 Å². The number of rotatable bonds is 2. The Labute approximate surface area is 162 Å². The Balaban J connectivity index is 1.81. The monoisotopic (exact) mass is 440 g/mol. The fourth-order valence-corrected chi connectivity index (χ4v) is 3.68. The van der Waals surface area contributed by atoms with E-state index in [0.717, 1.165) is 24.3 Å². The molecule has 0 unspecified atom stereocenters. The number of urea groups is 1. The summed E-state index contributed by atoms with van der Waals surface area (Å²) in [6.07, 6.45) is 0. The van der Waals surface area contributed by atoms with E-state index in [1.165, 1.54) is 0 Å². The average Bonchev–Trinajstić information content (AvgIpc) is 2.74. The third-order valence-electron chi connectivity index (χ3n) is 3.65. The Bertz CT molecular complexity index is 981. The van der Waals surface area contributed by atoms with Gasteiger partial charge in [-0.2, -0.15) is 17.6 Å². The predicted octanol–water partition coefficient (Wildman–Crippen LogP) is 5.37. The lowest BCUT2D eigenvalue weighted by atomic mass is 10.1. The second kappa shape index (κ2) is 6.89. The van der Waals surface area contributed by atoms with Crippen LogP contribution >= 0.6 is 23.4 Å². The third-order valence-corrected chi connectivity index (χ3v) is 5.22. The highest BCUT2D eigenvalue weighted by Crippen LogP contribution is 2.62. The molecule has 2 aromatic carbocycles. The van der Waals surface area contributed by atoms with E-state index >= 15 is 0 Å². The zero-order chi connectivity index (χ0) is 20.9. The quantitative estimate of drug-likeness (QED) is 0.617. The van der Waals surface area contributed by atoms with Gasteiger partial charge in [-0.3, -0.25) is 10.1 Å². The Hall–Kier alpha value is -2.40. The van der Waals surface area contributed by atoms with Crippen LogP contribution in [0.1, 0.15) is 15.9 Å². The van der Waals surface area contributed by atoms with Crippen molar-refractivity contribution in [2.45, 2.75) is 16.1 Å². The van der Waals surface area contributed by atoms with Crippen LogP contribution in [0.15, 0.2) is 35.2 Å². The van der Waals surface area contributed by atoms with Gasteiger partial charge in [0.2, 0.25) is 0 Å². The van der Waals surface area contributed by atoms with E-state index in [4.69, 9.17) is 11.6 Å². The van der Waals surface area contributed by atoms with Gasteiger partial charge < -0.3 is 5.32 Å². The van der Waals surface area contributed by atoms with Crippen molar-refractivity contribution >= 4 is 41.0 Å². The summed E-state index contributed by atoms with van der Waals surface area (Å²) in [6, 6.07) is 2.72. The Morgan fingerprint density at radius 1 is 1.04 bits per heavy atom. The van der Waals surface area contributed by atoms with Gasteiger partial charge in [-0.1, -0.05) is 17.7 Å². The highest BCUT2D eigenvalue weighted by Gasteiger charge is 2.64.